The summed E-state index contributed by atoms with van der Waals surface area (Å²) >= 11 is 0. The van der Waals surface area contributed by atoms with Gasteiger partial charge >= 0.3 is 0 Å². The molecular weight excluding hydrogens is 162 g/mol. The third kappa shape index (κ3) is 6.05. The van der Waals surface area contributed by atoms with Gasteiger partial charge in [-0.1, -0.05) is 39.5 Å². The van der Waals surface area contributed by atoms with E-state index in [1.807, 2.05) is 0 Å². The Morgan fingerprint density at radius 1 is 1.08 bits per heavy atom. The smallest absolute Gasteiger partial charge is 0.116 e. The fraction of sp³-hybridized carbons (Fsp3) is 1.00. The topological polar surface area (TPSA) is 35.2 Å². The van der Waals surface area contributed by atoms with Crippen molar-refractivity contribution in [2.45, 2.75) is 64.5 Å². The number of nitrogens with two attached hydrogens (primary N) is 1. The number of hydrogen-bond donors (Lipinski definition) is 1. The fourth-order valence-corrected chi connectivity index (χ4v) is 1.45. The number of methoxy groups -OCH3 is 1. The van der Waals surface area contributed by atoms with E-state index in [4.69, 9.17) is 10.5 Å². The maximum atomic E-state index is 5.99. The van der Waals surface area contributed by atoms with Crippen LogP contribution in [0.15, 0.2) is 0 Å². The maximum Gasteiger partial charge on any atom is 0.116 e. The zero-order chi connectivity index (χ0) is 10.2. The zero-order valence-corrected chi connectivity index (χ0v) is 9.44. The molecule has 0 heterocycles. The zero-order valence-electron chi connectivity index (χ0n) is 9.44. The van der Waals surface area contributed by atoms with Crippen molar-refractivity contribution in [2.75, 3.05) is 7.11 Å². The Balaban J connectivity index is 3.39. The van der Waals surface area contributed by atoms with Crippen molar-refractivity contribution in [3.63, 3.8) is 0 Å². The van der Waals surface area contributed by atoms with Crippen LogP contribution in [0, 0.1) is 0 Å². The van der Waals surface area contributed by atoms with Crippen LogP contribution >= 0.6 is 0 Å². The summed E-state index contributed by atoms with van der Waals surface area (Å²) in [6, 6.07) is 0. The molecule has 0 amide bonds. The van der Waals surface area contributed by atoms with Gasteiger partial charge in [0.25, 0.3) is 0 Å². The van der Waals surface area contributed by atoms with Gasteiger partial charge in [-0.15, -0.1) is 0 Å². The summed E-state index contributed by atoms with van der Waals surface area (Å²) < 4.78 is 5.27. The first-order valence-electron chi connectivity index (χ1n) is 5.52. The first-order valence-corrected chi connectivity index (χ1v) is 5.52. The average molecular weight is 187 g/mol. The summed E-state index contributed by atoms with van der Waals surface area (Å²) in [6.45, 7) is 4.31. The molecule has 2 heteroatoms. The van der Waals surface area contributed by atoms with Crippen molar-refractivity contribution >= 4 is 0 Å². The second kappa shape index (κ2) is 7.34. The van der Waals surface area contributed by atoms with Crippen LogP contribution in [0.5, 0.6) is 0 Å². The van der Waals surface area contributed by atoms with E-state index in [0.29, 0.717) is 0 Å². The highest BCUT2D eigenvalue weighted by molar-refractivity contribution is 4.70. The molecule has 0 aromatic carbocycles. The van der Waals surface area contributed by atoms with Gasteiger partial charge in [-0.3, -0.25) is 0 Å². The Hall–Kier alpha value is -0.0800. The van der Waals surface area contributed by atoms with E-state index in [9.17, 15) is 0 Å². The van der Waals surface area contributed by atoms with Crippen molar-refractivity contribution in [1.82, 2.24) is 0 Å². The van der Waals surface area contributed by atoms with E-state index < -0.39 is 0 Å². The van der Waals surface area contributed by atoms with Gasteiger partial charge in [0.15, 0.2) is 0 Å². The second-order valence-electron chi connectivity index (χ2n) is 3.79. The summed E-state index contributed by atoms with van der Waals surface area (Å²) in [7, 11) is 1.70. The van der Waals surface area contributed by atoms with Crippen LogP contribution in [-0.4, -0.2) is 12.8 Å². The van der Waals surface area contributed by atoms with Gasteiger partial charge in [0.2, 0.25) is 0 Å². The molecule has 0 rings (SSSR count). The summed E-state index contributed by atoms with van der Waals surface area (Å²) in [5, 5.41) is 0. The minimum absolute atomic E-state index is 0.369. The molecule has 0 aromatic heterocycles. The Kier molecular flexibility index (Phi) is 7.29. The van der Waals surface area contributed by atoms with Crippen LogP contribution in [0.2, 0.25) is 0 Å². The molecule has 80 valence electrons. The second-order valence-corrected chi connectivity index (χ2v) is 3.79. The molecule has 0 spiro atoms. The lowest BCUT2D eigenvalue weighted by Gasteiger charge is -2.26. The highest BCUT2D eigenvalue weighted by Gasteiger charge is 2.20. The number of ether oxygens (including phenoxy) is 1. The van der Waals surface area contributed by atoms with Crippen LogP contribution in [0.4, 0.5) is 0 Å². The molecule has 0 radical (unpaired) electrons. The third-order valence-electron chi connectivity index (χ3n) is 2.71. The lowest BCUT2D eigenvalue weighted by molar-refractivity contribution is -0.0171. The van der Waals surface area contributed by atoms with Gasteiger partial charge in [-0.25, -0.2) is 0 Å². The van der Waals surface area contributed by atoms with E-state index in [1.165, 1.54) is 32.1 Å². The summed E-state index contributed by atoms with van der Waals surface area (Å²) in [6.07, 6.45) is 8.35. The third-order valence-corrected chi connectivity index (χ3v) is 2.71. The van der Waals surface area contributed by atoms with E-state index in [1.54, 1.807) is 7.11 Å². The molecule has 2 nitrogen and oxygen atoms in total. The van der Waals surface area contributed by atoms with E-state index in [0.717, 1.165) is 12.8 Å². The molecule has 2 N–H and O–H groups in total. The van der Waals surface area contributed by atoms with Gasteiger partial charge in [-0.05, 0) is 19.3 Å². The SMILES string of the molecule is CCCCCCCC(N)(CC)OC. The molecule has 0 aliphatic heterocycles. The molecule has 0 aliphatic rings. The van der Waals surface area contributed by atoms with Crippen molar-refractivity contribution < 1.29 is 4.74 Å². The fourth-order valence-electron chi connectivity index (χ4n) is 1.45. The molecule has 0 aliphatic carbocycles. The molecule has 0 saturated heterocycles. The molecule has 1 atom stereocenters. The summed E-state index contributed by atoms with van der Waals surface area (Å²) in [4.78, 5) is 0. The molecule has 0 saturated carbocycles. The van der Waals surface area contributed by atoms with Gasteiger partial charge in [0.05, 0.1) is 0 Å². The summed E-state index contributed by atoms with van der Waals surface area (Å²) in [5.74, 6) is 0. The van der Waals surface area contributed by atoms with E-state index in [-0.39, 0.29) is 5.72 Å². The minimum Gasteiger partial charge on any atom is -0.364 e. The monoisotopic (exact) mass is 187 g/mol. The quantitative estimate of drug-likeness (QED) is 0.468. The van der Waals surface area contributed by atoms with Crippen molar-refractivity contribution in [3.05, 3.63) is 0 Å². The van der Waals surface area contributed by atoms with Crippen LogP contribution < -0.4 is 5.73 Å². The number of unbranched alkanes of at least 4 members (excludes halogenated alkanes) is 4. The number of rotatable bonds is 8. The lowest BCUT2D eigenvalue weighted by Crippen LogP contribution is -2.40. The van der Waals surface area contributed by atoms with Gasteiger partial charge in [0.1, 0.15) is 5.72 Å². The predicted octanol–water partition coefficient (Wildman–Crippen LogP) is 3.06. The first kappa shape index (κ1) is 12.9. The Labute approximate surface area is 82.8 Å². The van der Waals surface area contributed by atoms with E-state index >= 15 is 0 Å². The van der Waals surface area contributed by atoms with Crippen molar-refractivity contribution in [1.29, 1.82) is 0 Å². The highest BCUT2D eigenvalue weighted by Crippen LogP contribution is 2.17. The highest BCUT2D eigenvalue weighted by atomic mass is 16.5. The van der Waals surface area contributed by atoms with Crippen LogP contribution in [0.1, 0.15) is 58.8 Å². The summed E-state index contributed by atoms with van der Waals surface area (Å²) in [5.41, 5.74) is 5.62. The van der Waals surface area contributed by atoms with Crippen LogP contribution in [0.25, 0.3) is 0 Å². The largest absolute Gasteiger partial charge is 0.364 e. The van der Waals surface area contributed by atoms with Crippen molar-refractivity contribution in [3.8, 4) is 0 Å². The molecule has 1 unspecified atom stereocenters. The Morgan fingerprint density at radius 3 is 2.15 bits per heavy atom. The van der Waals surface area contributed by atoms with Crippen LogP contribution in [0.3, 0.4) is 0 Å². The predicted molar refractivity (Wildman–Crippen MR) is 57.6 cm³/mol. The van der Waals surface area contributed by atoms with Gasteiger partial charge < -0.3 is 10.5 Å². The molecule has 0 bridgehead atoms. The standard InChI is InChI=1S/C11H25NO/c1-4-6-7-8-9-10-11(12,5-2)13-3/h4-10,12H2,1-3H3. The maximum absolute atomic E-state index is 5.99. The normalized spacial score (nSPS) is 15.7. The van der Waals surface area contributed by atoms with Crippen LogP contribution in [-0.2, 0) is 4.74 Å². The molecular formula is C11H25NO. The Bertz CT molecular complexity index is 111. The molecule has 13 heavy (non-hydrogen) atoms. The van der Waals surface area contributed by atoms with Crippen molar-refractivity contribution in [2.24, 2.45) is 5.73 Å². The number of hydrogen-bond acceptors (Lipinski definition) is 2. The first-order chi connectivity index (χ1) is 6.18. The average Bonchev–Trinajstić information content (AvgIpc) is 2.17. The lowest BCUT2D eigenvalue weighted by atomic mass is 10.0. The van der Waals surface area contributed by atoms with Gasteiger partial charge in [0, 0.05) is 7.11 Å². The Morgan fingerprint density at radius 2 is 1.69 bits per heavy atom. The van der Waals surface area contributed by atoms with Gasteiger partial charge in [-0.2, -0.15) is 0 Å². The molecule has 0 aromatic rings. The minimum atomic E-state index is -0.369. The molecule has 0 fully saturated rings. The van der Waals surface area contributed by atoms with E-state index in [2.05, 4.69) is 13.8 Å².